The van der Waals surface area contributed by atoms with Crippen LogP contribution in [0.1, 0.15) is 39.0 Å². The molecule has 0 aromatic heterocycles. The Morgan fingerprint density at radius 3 is 1.92 bits per heavy atom. The van der Waals surface area contributed by atoms with Crippen LogP contribution in [-0.2, 0) is 0 Å². The van der Waals surface area contributed by atoms with E-state index in [0.29, 0.717) is 5.03 Å². The molecule has 1 saturated carbocycles. The summed E-state index contributed by atoms with van der Waals surface area (Å²) < 4.78 is 0.237. The Morgan fingerprint density at radius 1 is 1.00 bits per heavy atom. The minimum absolute atomic E-state index is 0.0403. The smallest absolute Gasteiger partial charge is 0.0859 e. The Bertz CT molecular complexity index is 186. The summed E-state index contributed by atoms with van der Waals surface area (Å²) in [6.45, 7) is 2.14. The van der Waals surface area contributed by atoms with Crippen LogP contribution in [0.2, 0.25) is 0 Å². The molecule has 0 unspecified atom stereocenters. The first-order chi connectivity index (χ1) is 5.56. The summed E-state index contributed by atoms with van der Waals surface area (Å²) in [7, 11) is 0. The van der Waals surface area contributed by atoms with Crippen molar-refractivity contribution in [3.05, 3.63) is 9.52 Å². The van der Waals surface area contributed by atoms with Gasteiger partial charge in [0.05, 0.1) is 5.03 Å². The summed E-state index contributed by atoms with van der Waals surface area (Å²) in [5.74, 6) is 0. The Labute approximate surface area is 88.9 Å². The zero-order valence-electron chi connectivity index (χ0n) is 7.17. The van der Waals surface area contributed by atoms with Gasteiger partial charge in [0.15, 0.2) is 0 Å². The molecule has 0 aliphatic heterocycles. The molecule has 70 valence electrons. The summed E-state index contributed by atoms with van der Waals surface area (Å²) in [4.78, 5) is 0. The molecule has 0 spiro atoms. The minimum Gasteiger partial charge on any atom is -0.0859 e. The standard InChI is InChI=1S/C9H13Cl3/c1-9(7(10)8(11)12)5-3-2-4-6-9/h2-6H2,1H3. The molecule has 0 amide bonds. The van der Waals surface area contributed by atoms with E-state index in [-0.39, 0.29) is 9.91 Å². The molecule has 0 bridgehead atoms. The van der Waals surface area contributed by atoms with E-state index in [1.807, 2.05) is 0 Å². The zero-order chi connectivity index (χ0) is 9.19. The van der Waals surface area contributed by atoms with Crippen LogP contribution in [0, 0.1) is 5.41 Å². The van der Waals surface area contributed by atoms with Crippen molar-refractivity contribution in [2.75, 3.05) is 0 Å². The van der Waals surface area contributed by atoms with Gasteiger partial charge in [-0.25, -0.2) is 0 Å². The van der Waals surface area contributed by atoms with Crippen molar-refractivity contribution in [3.8, 4) is 0 Å². The van der Waals surface area contributed by atoms with Crippen LogP contribution in [0.4, 0.5) is 0 Å². The largest absolute Gasteiger partial charge is 0.121 e. The number of rotatable bonds is 1. The Hall–Kier alpha value is 0.610. The van der Waals surface area contributed by atoms with Crippen molar-refractivity contribution in [1.82, 2.24) is 0 Å². The quantitative estimate of drug-likeness (QED) is 0.601. The maximum Gasteiger partial charge on any atom is 0.121 e. The van der Waals surface area contributed by atoms with Crippen LogP contribution in [-0.4, -0.2) is 0 Å². The lowest BCUT2D eigenvalue weighted by Gasteiger charge is -2.33. The third kappa shape index (κ3) is 2.31. The molecule has 0 radical (unpaired) electrons. The normalized spacial score (nSPS) is 22.0. The van der Waals surface area contributed by atoms with Gasteiger partial charge in [0.1, 0.15) is 4.49 Å². The topological polar surface area (TPSA) is 0 Å². The predicted molar refractivity (Wildman–Crippen MR) is 55.8 cm³/mol. The first-order valence-electron chi connectivity index (χ1n) is 4.27. The average molecular weight is 228 g/mol. The van der Waals surface area contributed by atoms with Gasteiger partial charge >= 0.3 is 0 Å². The lowest BCUT2D eigenvalue weighted by molar-refractivity contribution is 0.279. The van der Waals surface area contributed by atoms with Crippen molar-refractivity contribution >= 4 is 34.8 Å². The van der Waals surface area contributed by atoms with E-state index in [9.17, 15) is 0 Å². The maximum atomic E-state index is 6.05. The maximum absolute atomic E-state index is 6.05. The Kier molecular flexibility index (Phi) is 3.75. The molecule has 1 fully saturated rings. The third-order valence-electron chi connectivity index (χ3n) is 2.65. The fourth-order valence-electron chi connectivity index (χ4n) is 1.78. The van der Waals surface area contributed by atoms with Crippen LogP contribution < -0.4 is 0 Å². The summed E-state index contributed by atoms with van der Waals surface area (Å²) in [6, 6.07) is 0. The molecular formula is C9H13Cl3. The van der Waals surface area contributed by atoms with E-state index >= 15 is 0 Å². The third-order valence-corrected chi connectivity index (χ3v) is 3.87. The molecule has 12 heavy (non-hydrogen) atoms. The van der Waals surface area contributed by atoms with Gasteiger partial charge < -0.3 is 0 Å². The van der Waals surface area contributed by atoms with Crippen molar-refractivity contribution < 1.29 is 0 Å². The van der Waals surface area contributed by atoms with Crippen molar-refractivity contribution in [1.29, 1.82) is 0 Å². The molecule has 1 rings (SSSR count). The first-order valence-corrected chi connectivity index (χ1v) is 5.41. The summed E-state index contributed by atoms with van der Waals surface area (Å²) in [5.41, 5.74) is 0.0403. The zero-order valence-corrected chi connectivity index (χ0v) is 9.44. The van der Waals surface area contributed by atoms with Gasteiger partial charge in [0.2, 0.25) is 0 Å². The van der Waals surface area contributed by atoms with Crippen molar-refractivity contribution in [2.45, 2.75) is 39.0 Å². The van der Waals surface area contributed by atoms with Crippen LogP contribution >= 0.6 is 34.8 Å². The number of halogens is 3. The van der Waals surface area contributed by atoms with Crippen molar-refractivity contribution in [3.63, 3.8) is 0 Å². The minimum atomic E-state index is 0.0403. The monoisotopic (exact) mass is 226 g/mol. The Morgan fingerprint density at radius 2 is 1.50 bits per heavy atom. The predicted octanol–water partition coefficient (Wildman–Crippen LogP) is 4.84. The number of hydrogen-bond acceptors (Lipinski definition) is 0. The van der Waals surface area contributed by atoms with Crippen molar-refractivity contribution in [2.24, 2.45) is 5.41 Å². The van der Waals surface area contributed by atoms with Gasteiger partial charge in [0, 0.05) is 5.41 Å². The lowest BCUT2D eigenvalue weighted by atomic mass is 9.76. The molecule has 0 atom stereocenters. The Balaban J connectivity index is 2.76. The second-order valence-corrected chi connectivity index (χ2v) is 5.02. The van der Waals surface area contributed by atoms with E-state index < -0.39 is 0 Å². The van der Waals surface area contributed by atoms with Gasteiger partial charge in [-0.05, 0) is 12.8 Å². The molecule has 0 saturated heterocycles. The van der Waals surface area contributed by atoms with E-state index in [1.165, 1.54) is 19.3 Å². The fourth-order valence-corrected chi connectivity index (χ4v) is 2.42. The number of allylic oxidation sites excluding steroid dienone is 1. The molecular weight excluding hydrogens is 214 g/mol. The van der Waals surface area contributed by atoms with Gasteiger partial charge in [-0.3, -0.25) is 0 Å². The molecule has 1 aliphatic carbocycles. The van der Waals surface area contributed by atoms with Crippen LogP contribution in [0.25, 0.3) is 0 Å². The summed E-state index contributed by atoms with van der Waals surface area (Å²) >= 11 is 17.4. The summed E-state index contributed by atoms with van der Waals surface area (Å²) in [6.07, 6.45) is 5.98. The highest BCUT2D eigenvalue weighted by molar-refractivity contribution is 6.59. The molecule has 0 heterocycles. The van der Waals surface area contributed by atoms with Gasteiger partial charge in [-0.2, -0.15) is 0 Å². The molecule has 0 N–H and O–H groups in total. The SMILES string of the molecule is CC1(C(Cl)=C(Cl)Cl)CCCCC1. The van der Waals surface area contributed by atoms with E-state index in [0.717, 1.165) is 12.8 Å². The fraction of sp³-hybridized carbons (Fsp3) is 0.778. The lowest BCUT2D eigenvalue weighted by Crippen LogP contribution is -2.20. The molecule has 0 nitrogen and oxygen atoms in total. The average Bonchev–Trinajstić information content (AvgIpc) is 2.04. The summed E-state index contributed by atoms with van der Waals surface area (Å²) in [5, 5.41) is 0.644. The van der Waals surface area contributed by atoms with Crippen LogP contribution in [0.3, 0.4) is 0 Å². The second kappa shape index (κ2) is 4.21. The molecule has 0 aromatic rings. The van der Waals surface area contributed by atoms with Gasteiger partial charge in [0.25, 0.3) is 0 Å². The number of hydrogen-bond donors (Lipinski definition) is 0. The molecule has 1 aliphatic rings. The van der Waals surface area contributed by atoms with Gasteiger partial charge in [-0.1, -0.05) is 61.0 Å². The van der Waals surface area contributed by atoms with Crippen LogP contribution in [0.5, 0.6) is 0 Å². The van der Waals surface area contributed by atoms with Crippen LogP contribution in [0.15, 0.2) is 9.52 Å². The van der Waals surface area contributed by atoms with E-state index in [1.54, 1.807) is 0 Å². The highest BCUT2D eigenvalue weighted by Crippen LogP contribution is 2.46. The van der Waals surface area contributed by atoms with Gasteiger partial charge in [-0.15, -0.1) is 0 Å². The van der Waals surface area contributed by atoms with E-state index in [4.69, 9.17) is 34.8 Å². The molecule has 3 heteroatoms. The van der Waals surface area contributed by atoms with E-state index in [2.05, 4.69) is 6.92 Å². The molecule has 0 aromatic carbocycles. The first kappa shape index (κ1) is 10.7. The second-order valence-electron chi connectivity index (χ2n) is 3.70. The highest BCUT2D eigenvalue weighted by Gasteiger charge is 2.31. The highest BCUT2D eigenvalue weighted by atomic mass is 35.5.